The number of hydrogen-bond donors (Lipinski definition) is 4. The van der Waals surface area contributed by atoms with Gasteiger partial charge in [0.05, 0.1) is 15.7 Å². The average Bonchev–Trinajstić information content (AvgIpc) is 2.43. The van der Waals surface area contributed by atoms with Gasteiger partial charge < -0.3 is 20.6 Å². The van der Waals surface area contributed by atoms with E-state index in [0.717, 1.165) is 0 Å². The van der Waals surface area contributed by atoms with E-state index in [1.807, 2.05) is 0 Å². The molecule has 7 heteroatoms. The normalized spacial score (nSPS) is 10.6. The molecule has 2 rings (SSSR count). The monoisotopic (exact) mass is 377 g/mol. The number of phenols is 3. The zero-order valence-corrected chi connectivity index (χ0v) is 13.1. The molecule has 0 aliphatic carbocycles. The molecule has 0 aliphatic rings. The van der Waals surface area contributed by atoms with Gasteiger partial charge >= 0.3 is 0 Å². The highest BCUT2D eigenvalue weighted by atomic mass is 79.9. The van der Waals surface area contributed by atoms with E-state index < -0.39 is 5.75 Å². The zero-order chi connectivity index (χ0) is 14.9. The van der Waals surface area contributed by atoms with E-state index in [1.54, 1.807) is 12.1 Å². The highest BCUT2D eigenvalue weighted by Gasteiger charge is 2.12. The smallest absolute Gasteiger partial charge is 0.200 e. The van der Waals surface area contributed by atoms with E-state index in [-0.39, 0.29) is 18.0 Å². The van der Waals surface area contributed by atoms with E-state index in [0.29, 0.717) is 25.8 Å². The fraction of sp³-hybridized carbons (Fsp3) is 0.0769. The predicted octanol–water partition coefficient (Wildman–Crippen LogP) is 4.48. The number of nitrogens with one attached hydrogen (secondary N) is 1. The van der Waals surface area contributed by atoms with Crippen LogP contribution >= 0.6 is 39.1 Å². The van der Waals surface area contributed by atoms with Gasteiger partial charge in [-0.25, -0.2) is 0 Å². The van der Waals surface area contributed by atoms with Crippen LogP contribution in [0.25, 0.3) is 0 Å². The molecule has 4 nitrogen and oxygen atoms in total. The molecule has 4 N–H and O–H groups in total. The number of benzene rings is 2. The third-order valence-corrected chi connectivity index (χ3v) is 4.49. The third kappa shape index (κ3) is 2.90. The van der Waals surface area contributed by atoms with Crippen LogP contribution in [-0.4, -0.2) is 15.3 Å². The molecule has 0 amide bonds. The molecular formula is C13H10BrCl2NO3. The Morgan fingerprint density at radius 1 is 0.950 bits per heavy atom. The van der Waals surface area contributed by atoms with Crippen LogP contribution in [0.4, 0.5) is 5.69 Å². The molecule has 0 saturated heterocycles. The van der Waals surface area contributed by atoms with Crippen molar-refractivity contribution in [3.63, 3.8) is 0 Å². The number of anilines is 1. The van der Waals surface area contributed by atoms with Crippen LogP contribution in [0.15, 0.2) is 28.7 Å². The molecule has 0 bridgehead atoms. The summed E-state index contributed by atoms with van der Waals surface area (Å²) >= 11 is 15.3. The molecule has 0 saturated carbocycles. The van der Waals surface area contributed by atoms with Crippen LogP contribution in [0.2, 0.25) is 10.0 Å². The predicted molar refractivity (Wildman–Crippen MR) is 82.9 cm³/mol. The van der Waals surface area contributed by atoms with Crippen molar-refractivity contribution in [1.82, 2.24) is 0 Å². The van der Waals surface area contributed by atoms with Crippen molar-refractivity contribution in [3.05, 3.63) is 44.3 Å². The second-order valence-electron chi connectivity index (χ2n) is 4.02. The first kappa shape index (κ1) is 15.1. The van der Waals surface area contributed by atoms with Crippen molar-refractivity contribution in [2.24, 2.45) is 0 Å². The Morgan fingerprint density at radius 2 is 1.65 bits per heavy atom. The molecule has 20 heavy (non-hydrogen) atoms. The standard InChI is InChI=1S/C13H10BrCl2NO3/c14-7-2-3-8(11(16)10(7)15)17-5-6-1-4-9(18)13(20)12(6)19/h1-4,17-20H,5H2. The lowest BCUT2D eigenvalue weighted by atomic mass is 10.1. The molecule has 0 fully saturated rings. The van der Waals surface area contributed by atoms with Gasteiger partial charge in [0.15, 0.2) is 11.5 Å². The van der Waals surface area contributed by atoms with Gasteiger partial charge in [-0.05, 0) is 40.2 Å². The first-order valence-corrected chi connectivity index (χ1v) is 7.07. The van der Waals surface area contributed by atoms with Crippen LogP contribution in [0.5, 0.6) is 17.2 Å². The minimum Gasteiger partial charge on any atom is -0.504 e. The Balaban J connectivity index is 2.22. The second kappa shape index (κ2) is 5.99. The SMILES string of the molecule is Oc1ccc(CNc2ccc(Br)c(Cl)c2Cl)c(O)c1O. The zero-order valence-electron chi connectivity index (χ0n) is 9.99. The fourth-order valence-corrected chi connectivity index (χ4v) is 2.45. The fourth-order valence-electron chi connectivity index (χ4n) is 1.61. The van der Waals surface area contributed by atoms with Crippen molar-refractivity contribution in [3.8, 4) is 17.2 Å². The lowest BCUT2D eigenvalue weighted by molar-refractivity contribution is 0.365. The Bertz CT molecular complexity index is 607. The van der Waals surface area contributed by atoms with Crippen molar-refractivity contribution in [2.45, 2.75) is 6.54 Å². The Kier molecular flexibility index (Phi) is 4.52. The summed E-state index contributed by atoms with van der Waals surface area (Å²) in [5.41, 5.74) is 1.00. The maximum absolute atomic E-state index is 9.71. The average molecular weight is 379 g/mol. The molecule has 0 radical (unpaired) electrons. The van der Waals surface area contributed by atoms with Gasteiger partial charge in [0.25, 0.3) is 0 Å². The van der Waals surface area contributed by atoms with E-state index in [1.165, 1.54) is 12.1 Å². The molecule has 106 valence electrons. The lowest BCUT2D eigenvalue weighted by Gasteiger charge is -2.12. The number of rotatable bonds is 3. The molecule has 2 aromatic carbocycles. The number of halogens is 3. The summed E-state index contributed by atoms with van der Waals surface area (Å²) in [5, 5.41) is 32.1. The van der Waals surface area contributed by atoms with Gasteiger partial charge in [0.1, 0.15) is 0 Å². The van der Waals surface area contributed by atoms with Crippen molar-refractivity contribution >= 4 is 44.8 Å². The summed E-state index contributed by atoms with van der Waals surface area (Å²) in [6.45, 7) is 0.206. The Hall–Kier alpha value is -1.30. The highest BCUT2D eigenvalue weighted by molar-refractivity contribution is 9.10. The number of phenolic OH excluding ortho intramolecular Hbond substituents is 3. The maximum atomic E-state index is 9.71. The lowest BCUT2D eigenvalue weighted by Crippen LogP contribution is -2.00. The van der Waals surface area contributed by atoms with Gasteiger partial charge in [-0.15, -0.1) is 0 Å². The summed E-state index contributed by atoms with van der Waals surface area (Å²) in [6.07, 6.45) is 0. The van der Waals surface area contributed by atoms with Crippen LogP contribution in [0.1, 0.15) is 5.56 Å². The van der Waals surface area contributed by atoms with Crippen molar-refractivity contribution in [2.75, 3.05) is 5.32 Å². The molecule has 0 spiro atoms. The minimum absolute atomic E-state index is 0.206. The molecule has 0 aromatic heterocycles. The summed E-state index contributed by atoms with van der Waals surface area (Å²) in [4.78, 5) is 0. The highest BCUT2D eigenvalue weighted by Crippen LogP contribution is 2.39. The third-order valence-electron chi connectivity index (χ3n) is 2.72. The van der Waals surface area contributed by atoms with Crippen LogP contribution in [0.3, 0.4) is 0 Å². The first-order valence-electron chi connectivity index (χ1n) is 5.52. The maximum Gasteiger partial charge on any atom is 0.200 e. The van der Waals surface area contributed by atoms with Gasteiger partial charge in [-0.1, -0.05) is 23.2 Å². The summed E-state index contributed by atoms with van der Waals surface area (Å²) in [6, 6.07) is 6.26. The van der Waals surface area contributed by atoms with E-state index >= 15 is 0 Å². The molecular weight excluding hydrogens is 369 g/mol. The van der Waals surface area contributed by atoms with Crippen LogP contribution in [-0.2, 0) is 6.54 Å². The van der Waals surface area contributed by atoms with Gasteiger partial charge in [0.2, 0.25) is 5.75 Å². The number of hydrogen-bond acceptors (Lipinski definition) is 4. The van der Waals surface area contributed by atoms with E-state index in [2.05, 4.69) is 21.2 Å². The van der Waals surface area contributed by atoms with Crippen molar-refractivity contribution < 1.29 is 15.3 Å². The van der Waals surface area contributed by atoms with Crippen LogP contribution in [0, 0.1) is 0 Å². The molecule has 0 heterocycles. The minimum atomic E-state index is -0.552. The molecule has 2 aromatic rings. The van der Waals surface area contributed by atoms with Gasteiger partial charge in [-0.2, -0.15) is 0 Å². The quantitative estimate of drug-likeness (QED) is 0.469. The summed E-state index contributed by atoms with van der Waals surface area (Å²) in [5.74, 6) is -1.31. The van der Waals surface area contributed by atoms with Gasteiger partial charge in [-0.3, -0.25) is 0 Å². The number of aromatic hydroxyl groups is 3. The molecule has 0 unspecified atom stereocenters. The first-order chi connectivity index (χ1) is 9.41. The molecule has 0 aliphatic heterocycles. The second-order valence-corrected chi connectivity index (χ2v) is 5.63. The van der Waals surface area contributed by atoms with Crippen molar-refractivity contribution in [1.29, 1.82) is 0 Å². The van der Waals surface area contributed by atoms with Gasteiger partial charge in [0, 0.05) is 16.6 Å². The van der Waals surface area contributed by atoms with E-state index in [4.69, 9.17) is 23.2 Å². The summed E-state index contributed by atoms with van der Waals surface area (Å²) in [7, 11) is 0. The summed E-state index contributed by atoms with van der Waals surface area (Å²) < 4.78 is 0.680. The largest absolute Gasteiger partial charge is 0.504 e. The topological polar surface area (TPSA) is 72.7 Å². The van der Waals surface area contributed by atoms with Crippen LogP contribution < -0.4 is 5.32 Å². The molecule has 0 atom stereocenters. The Morgan fingerprint density at radius 3 is 2.35 bits per heavy atom. The Labute approximate surface area is 133 Å². The van der Waals surface area contributed by atoms with E-state index in [9.17, 15) is 15.3 Å².